The molecule has 0 atom stereocenters. The first kappa shape index (κ1) is 8.41. The minimum Gasteiger partial charge on any atom is -0.170 e. The molecule has 3 heteroatoms. The van der Waals surface area contributed by atoms with Gasteiger partial charge in [0.1, 0.15) is 0 Å². The highest BCUT2D eigenvalue weighted by molar-refractivity contribution is 5.02. The first-order valence-corrected chi connectivity index (χ1v) is 3.42. The molecule has 11 heavy (non-hydrogen) atoms. The van der Waals surface area contributed by atoms with E-state index in [9.17, 15) is 13.2 Å². The average molecular weight is 162 g/mol. The van der Waals surface area contributed by atoms with Crippen LogP contribution in [0.3, 0.4) is 0 Å². The molecule has 0 fully saturated rings. The molecule has 0 unspecified atom stereocenters. The summed E-state index contributed by atoms with van der Waals surface area (Å²) in [6.07, 6.45) is -1.11. The summed E-state index contributed by atoms with van der Waals surface area (Å²) in [6.45, 7) is 1.24. The molecule has 0 aliphatic heterocycles. The molecule has 62 valence electrons. The number of hydrogen-bond acceptors (Lipinski definition) is 0. The van der Waals surface area contributed by atoms with Crippen LogP contribution >= 0.6 is 0 Å². The van der Waals surface area contributed by atoms with E-state index in [1.807, 2.05) is 0 Å². The monoisotopic (exact) mass is 162 g/mol. The zero-order valence-electron chi connectivity index (χ0n) is 6.20. The largest absolute Gasteiger partial charge is 0.394 e. The normalized spacial score (nSPS) is 22.2. The van der Waals surface area contributed by atoms with Gasteiger partial charge in [-0.25, -0.2) is 0 Å². The van der Waals surface area contributed by atoms with Gasteiger partial charge in [0.2, 0.25) is 0 Å². The fraction of sp³-hybridized carbons (Fsp3) is 0.625. The van der Waals surface area contributed by atoms with Crippen molar-refractivity contribution in [2.75, 3.05) is 0 Å². The molecule has 0 radical (unpaired) electrons. The molecule has 1 rings (SSSR count). The highest BCUT2D eigenvalue weighted by Crippen LogP contribution is 2.45. The van der Waals surface area contributed by atoms with Gasteiger partial charge in [-0.05, 0) is 25.0 Å². The Morgan fingerprint density at radius 2 is 1.73 bits per heavy atom. The van der Waals surface area contributed by atoms with Crippen LogP contribution in [0.2, 0.25) is 0 Å². The maximum atomic E-state index is 12.3. The van der Waals surface area contributed by atoms with E-state index in [1.54, 1.807) is 0 Å². The summed E-state index contributed by atoms with van der Waals surface area (Å²) in [7, 11) is 0. The van der Waals surface area contributed by atoms with E-state index in [1.165, 1.54) is 19.1 Å². The number of hydrogen-bond donors (Lipinski definition) is 0. The van der Waals surface area contributed by atoms with Crippen LogP contribution < -0.4 is 0 Å². The SMILES string of the molecule is CC1(C(F)(F)F)CC=C=CC1. The Hall–Kier alpha value is -0.690. The van der Waals surface area contributed by atoms with Gasteiger partial charge in [-0.3, -0.25) is 0 Å². The summed E-state index contributed by atoms with van der Waals surface area (Å²) in [5.74, 6) is 0. The average Bonchev–Trinajstić information content (AvgIpc) is 1.87. The first-order chi connectivity index (χ1) is 4.96. The zero-order chi connectivity index (χ0) is 8.54. The maximum Gasteiger partial charge on any atom is 0.394 e. The summed E-state index contributed by atoms with van der Waals surface area (Å²) < 4.78 is 36.8. The number of allylic oxidation sites excluding steroid dienone is 1. The third-order valence-electron chi connectivity index (χ3n) is 2.03. The van der Waals surface area contributed by atoms with Crippen molar-refractivity contribution in [1.29, 1.82) is 0 Å². The van der Waals surface area contributed by atoms with E-state index in [0.717, 1.165) is 0 Å². The Morgan fingerprint density at radius 1 is 1.27 bits per heavy atom. The van der Waals surface area contributed by atoms with Crippen LogP contribution in [-0.2, 0) is 0 Å². The van der Waals surface area contributed by atoms with Crippen molar-refractivity contribution < 1.29 is 13.2 Å². The van der Waals surface area contributed by atoms with Gasteiger partial charge in [-0.2, -0.15) is 13.2 Å². The summed E-state index contributed by atoms with van der Waals surface area (Å²) in [5, 5.41) is 0. The number of alkyl halides is 3. The van der Waals surface area contributed by atoms with Crippen LogP contribution in [0.1, 0.15) is 19.8 Å². The van der Waals surface area contributed by atoms with E-state index in [-0.39, 0.29) is 12.8 Å². The van der Waals surface area contributed by atoms with Crippen molar-refractivity contribution in [3.63, 3.8) is 0 Å². The predicted octanol–water partition coefficient (Wildman–Crippen LogP) is 3.06. The van der Waals surface area contributed by atoms with Gasteiger partial charge in [-0.15, -0.1) is 5.73 Å². The Balaban J connectivity index is 2.79. The van der Waals surface area contributed by atoms with Gasteiger partial charge in [-0.1, -0.05) is 6.92 Å². The topological polar surface area (TPSA) is 0 Å². The molecular formula is C8H9F3. The molecule has 0 heterocycles. The molecule has 0 N–H and O–H groups in total. The summed E-state index contributed by atoms with van der Waals surface area (Å²) in [4.78, 5) is 0. The summed E-state index contributed by atoms with van der Waals surface area (Å²) >= 11 is 0. The van der Waals surface area contributed by atoms with Crippen molar-refractivity contribution >= 4 is 0 Å². The second-order valence-electron chi connectivity index (χ2n) is 3.04. The zero-order valence-corrected chi connectivity index (χ0v) is 6.20. The summed E-state index contributed by atoms with van der Waals surface area (Å²) in [6, 6.07) is 0. The molecule has 0 aromatic rings. The van der Waals surface area contributed by atoms with E-state index < -0.39 is 11.6 Å². The van der Waals surface area contributed by atoms with Crippen LogP contribution in [0.25, 0.3) is 0 Å². The van der Waals surface area contributed by atoms with Gasteiger partial charge in [0.15, 0.2) is 0 Å². The fourth-order valence-electron chi connectivity index (χ4n) is 0.966. The predicted molar refractivity (Wildman–Crippen MR) is 36.0 cm³/mol. The minimum atomic E-state index is -4.10. The Labute approximate surface area is 63.4 Å². The van der Waals surface area contributed by atoms with Gasteiger partial charge in [0.05, 0.1) is 5.41 Å². The highest BCUT2D eigenvalue weighted by atomic mass is 19.4. The van der Waals surface area contributed by atoms with Crippen molar-refractivity contribution in [1.82, 2.24) is 0 Å². The molecular weight excluding hydrogens is 153 g/mol. The number of rotatable bonds is 0. The van der Waals surface area contributed by atoms with Crippen molar-refractivity contribution in [3.05, 3.63) is 17.9 Å². The molecule has 1 aliphatic carbocycles. The Bertz CT molecular complexity index is 196. The van der Waals surface area contributed by atoms with Crippen molar-refractivity contribution in [2.45, 2.75) is 25.9 Å². The maximum absolute atomic E-state index is 12.3. The van der Waals surface area contributed by atoms with Gasteiger partial charge < -0.3 is 0 Å². The molecule has 1 aliphatic rings. The quantitative estimate of drug-likeness (QED) is 0.480. The van der Waals surface area contributed by atoms with Gasteiger partial charge >= 0.3 is 6.18 Å². The van der Waals surface area contributed by atoms with Crippen LogP contribution in [0.15, 0.2) is 17.9 Å². The van der Waals surface area contributed by atoms with Gasteiger partial charge in [0.25, 0.3) is 0 Å². The molecule has 0 spiro atoms. The van der Waals surface area contributed by atoms with Crippen LogP contribution in [0.4, 0.5) is 13.2 Å². The lowest BCUT2D eigenvalue weighted by atomic mass is 9.81. The Kier molecular flexibility index (Phi) is 1.85. The Morgan fingerprint density at radius 3 is 2.00 bits per heavy atom. The smallest absolute Gasteiger partial charge is 0.170 e. The minimum absolute atomic E-state index is 0.0486. The molecule has 0 nitrogen and oxygen atoms in total. The second-order valence-corrected chi connectivity index (χ2v) is 3.04. The van der Waals surface area contributed by atoms with E-state index in [0.29, 0.717) is 0 Å². The van der Waals surface area contributed by atoms with Crippen molar-refractivity contribution in [3.8, 4) is 0 Å². The third-order valence-corrected chi connectivity index (χ3v) is 2.03. The molecule has 0 aromatic heterocycles. The lowest BCUT2D eigenvalue weighted by molar-refractivity contribution is -0.216. The van der Waals surface area contributed by atoms with Crippen molar-refractivity contribution in [2.24, 2.45) is 5.41 Å². The molecule has 0 amide bonds. The van der Waals surface area contributed by atoms with Crippen LogP contribution in [0.5, 0.6) is 0 Å². The summed E-state index contributed by atoms with van der Waals surface area (Å²) in [5.41, 5.74) is 1.10. The van der Waals surface area contributed by atoms with E-state index >= 15 is 0 Å². The molecule has 0 aromatic carbocycles. The van der Waals surface area contributed by atoms with E-state index in [2.05, 4.69) is 5.73 Å². The standard InChI is InChI=1S/C8H9F3/c1-7(8(9,10)11)5-3-2-4-6-7/h3-4H,5-6H2,1H3. The lowest BCUT2D eigenvalue weighted by Crippen LogP contribution is -2.34. The molecule has 0 saturated carbocycles. The third kappa shape index (κ3) is 1.48. The van der Waals surface area contributed by atoms with Crippen LogP contribution in [-0.4, -0.2) is 6.18 Å². The number of halogens is 3. The van der Waals surface area contributed by atoms with Gasteiger partial charge in [0, 0.05) is 0 Å². The fourth-order valence-corrected chi connectivity index (χ4v) is 0.966. The van der Waals surface area contributed by atoms with Crippen LogP contribution in [0, 0.1) is 5.41 Å². The molecule has 0 bridgehead atoms. The highest BCUT2D eigenvalue weighted by Gasteiger charge is 2.49. The lowest BCUT2D eigenvalue weighted by Gasteiger charge is -2.30. The van der Waals surface area contributed by atoms with E-state index in [4.69, 9.17) is 0 Å². The molecule has 0 saturated heterocycles. The second kappa shape index (κ2) is 2.42. The first-order valence-electron chi connectivity index (χ1n) is 3.42.